The highest BCUT2D eigenvalue weighted by Gasteiger charge is 2.17. The highest BCUT2D eigenvalue weighted by Crippen LogP contribution is 2.16. The molecule has 0 amide bonds. The lowest BCUT2D eigenvalue weighted by molar-refractivity contribution is -0.485. The van der Waals surface area contributed by atoms with Gasteiger partial charge in [0.15, 0.2) is 10.2 Å². The van der Waals surface area contributed by atoms with Gasteiger partial charge in [-0.25, -0.2) is 15.1 Å². The van der Waals surface area contributed by atoms with Crippen LogP contribution in [0, 0.1) is 10.1 Å². The number of hydrogen-bond donors (Lipinski definition) is 1. The third-order valence-electron chi connectivity index (χ3n) is 1.67. The van der Waals surface area contributed by atoms with Crippen molar-refractivity contribution >= 4 is 34.6 Å². The van der Waals surface area contributed by atoms with Crippen molar-refractivity contribution in [1.29, 1.82) is 0 Å². The molecule has 0 bridgehead atoms. The van der Waals surface area contributed by atoms with Crippen LogP contribution in [0.5, 0.6) is 0 Å². The average Bonchev–Trinajstić information content (AvgIpc) is 2.64. The van der Waals surface area contributed by atoms with Crippen LogP contribution in [-0.2, 0) is 9.53 Å². The fourth-order valence-electron chi connectivity index (χ4n) is 1.08. The number of hydrazone groups is 1. The predicted octanol–water partition coefficient (Wildman–Crippen LogP) is -0.0102. The Bertz CT molecular complexity index is 445. The van der Waals surface area contributed by atoms with E-state index < -0.39 is 11.0 Å². The van der Waals surface area contributed by atoms with Crippen LogP contribution in [0.3, 0.4) is 0 Å². The zero-order chi connectivity index (χ0) is 13.5. The normalized spacial score (nSPS) is 17.7. The maximum Gasteiger partial charge on any atom is 0.311 e. The lowest BCUT2D eigenvalue weighted by atomic mass is 10.3. The molecule has 0 saturated carbocycles. The molecule has 0 aromatic rings. The van der Waals surface area contributed by atoms with E-state index in [2.05, 4.69) is 15.1 Å². The number of rotatable bonds is 4. The van der Waals surface area contributed by atoms with E-state index in [1.807, 2.05) is 0 Å². The van der Waals surface area contributed by atoms with E-state index in [1.165, 1.54) is 11.8 Å². The number of guanidine groups is 1. The third-order valence-corrected chi connectivity index (χ3v) is 2.59. The third kappa shape index (κ3) is 4.91. The summed E-state index contributed by atoms with van der Waals surface area (Å²) in [6.07, 6.45) is 0.0755. The number of nitrogens with two attached hydrogens (primary N) is 1. The Hall–Kier alpha value is -1.97. The quantitative estimate of drug-likeness (QED) is 0.252. The summed E-state index contributed by atoms with van der Waals surface area (Å²) in [6, 6.07) is 0. The van der Waals surface area contributed by atoms with E-state index in [-0.39, 0.29) is 17.6 Å². The first-order chi connectivity index (χ1) is 8.51. The summed E-state index contributed by atoms with van der Waals surface area (Å²) in [7, 11) is 0. The van der Waals surface area contributed by atoms with Gasteiger partial charge >= 0.3 is 5.97 Å². The van der Waals surface area contributed by atoms with Gasteiger partial charge in [-0.15, -0.1) is 0 Å². The lowest BCUT2D eigenvalue weighted by Gasteiger charge is -1.99. The standard InChI is InChI=1S/C8H11N5O4S/c1-2-17-6(14)3-5-4-18-8(10-5)11-7(9)12-13(15)16/h2-4H2,1H3,(H2,9,12). The number of aliphatic imine (C=N–C) groups is 2. The topological polar surface area (TPSA) is 133 Å². The number of nitrogens with zero attached hydrogens (tertiary/aromatic N) is 4. The number of hydrogen-bond acceptors (Lipinski definition) is 5. The molecule has 0 radical (unpaired) electrons. The van der Waals surface area contributed by atoms with E-state index in [4.69, 9.17) is 10.5 Å². The second-order valence-corrected chi connectivity index (χ2v) is 3.98. The molecule has 98 valence electrons. The molecular weight excluding hydrogens is 262 g/mol. The minimum atomic E-state index is -0.942. The molecule has 0 aliphatic carbocycles. The smallest absolute Gasteiger partial charge is 0.311 e. The molecule has 9 nitrogen and oxygen atoms in total. The van der Waals surface area contributed by atoms with E-state index in [1.54, 1.807) is 6.92 Å². The van der Waals surface area contributed by atoms with Crippen LogP contribution >= 0.6 is 11.8 Å². The SMILES string of the molecule is CCOC(=O)CC1=NC(=N/C(N)=N/[N+](=O)[O-])SC1. The minimum Gasteiger partial charge on any atom is -0.466 e. The molecule has 18 heavy (non-hydrogen) atoms. The molecule has 0 aromatic heterocycles. The van der Waals surface area contributed by atoms with Gasteiger partial charge in [-0.1, -0.05) is 11.8 Å². The molecule has 0 fully saturated rings. The zero-order valence-electron chi connectivity index (χ0n) is 9.53. The summed E-state index contributed by atoms with van der Waals surface area (Å²) in [5.41, 5.74) is 5.78. The molecule has 0 atom stereocenters. The molecule has 1 heterocycles. The summed E-state index contributed by atoms with van der Waals surface area (Å²) in [4.78, 5) is 28.9. The van der Waals surface area contributed by atoms with Gasteiger partial charge in [0.2, 0.25) is 0 Å². The van der Waals surface area contributed by atoms with E-state index in [0.29, 0.717) is 18.1 Å². The van der Waals surface area contributed by atoms with Crippen molar-refractivity contribution < 1.29 is 14.6 Å². The summed E-state index contributed by atoms with van der Waals surface area (Å²) in [5.74, 6) is -0.378. The van der Waals surface area contributed by atoms with Crippen LogP contribution in [0.1, 0.15) is 13.3 Å². The number of ether oxygens (including phenoxy) is 1. The molecule has 1 aliphatic heterocycles. The first kappa shape index (κ1) is 14.1. The van der Waals surface area contributed by atoms with Crippen LogP contribution in [0.25, 0.3) is 0 Å². The average molecular weight is 273 g/mol. The molecule has 0 unspecified atom stereocenters. The fourth-order valence-corrected chi connectivity index (χ4v) is 1.89. The zero-order valence-corrected chi connectivity index (χ0v) is 10.3. The van der Waals surface area contributed by atoms with Crippen LogP contribution in [-0.4, -0.2) is 40.2 Å². The van der Waals surface area contributed by atoms with Crippen molar-refractivity contribution in [2.45, 2.75) is 13.3 Å². The predicted molar refractivity (Wildman–Crippen MR) is 67.2 cm³/mol. The number of amidine groups is 1. The highest BCUT2D eigenvalue weighted by atomic mass is 32.2. The van der Waals surface area contributed by atoms with Crippen molar-refractivity contribution in [3.8, 4) is 0 Å². The Kier molecular flexibility index (Phi) is 5.24. The van der Waals surface area contributed by atoms with Crippen molar-refractivity contribution in [3.63, 3.8) is 0 Å². The first-order valence-corrected chi connectivity index (χ1v) is 5.91. The fraction of sp³-hybridized carbons (Fsp3) is 0.500. The maximum atomic E-state index is 11.2. The van der Waals surface area contributed by atoms with Crippen molar-refractivity contribution in [3.05, 3.63) is 10.1 Å². The van der Waals surface area contributed by atoms with Gasteiger partial charge in [-0.3, -0.25) is 4.79 Å². The number of esters is 1. The lowest BCUT2D eigenvalue weighted by Crippen LogP contribution is -2.12. The van der Waals surface area contributed by atoms with Crippen LogP contribution in [0.4, 0.5) is 0 Å². The van der Waals surface area contributed by atoms with E-state index >= 15 is 0 Å². The van der Waals surface area contributed by atoms with E-state index in [9.17, 15) is 14.9 Å². The van der Waals surface area contributed by atoms with Crippen LogP contribution in [0.2, 0.25) is 0 Å². The number of nitro groups is 1. The van der Waals surface area contributed by atoms with Gasteiger partial charge in [0.05, 0.1) is 13.0 Å². The van der Waals surface area contributed by atoms with Crippen LogP contribution < -0.4 is 5.73 Å². The largest absolute Gasteiger partial charge is 0.466 e. The molecule has 1 aliphatic rings. The second-order valence-electron chi connectivity index (χ2n) is 3.04. The summed E-state index contributed by atoms with van der Waals surface area (Å²) in [6.45, 7) is 2.02. The summed E-state index contributed by atoms with van der Waals surface area (Å²) >= 11 is 1.22. The van der Waals surface area contributed by atoms with Crippen molar-refractivity contribution in [2.75, 3.05) is 12.4 Å². The van der Waals surface area contributed by atoms with Gasteiger partial charge in [0.25, 0.3) is 5.96 Å². The Morgan fingerprint density at radius 2 is 2.44 bits per heavy atom. The molecule has 1 rings (SSSR count). The molecular formula is C8H11N5O4S. The molecule has 0 saturated heterocycles. The first-order valence-electron chi connectivity index (χ1n) is 4.93. The van der Waals surface area contributed by atoms with Crippen LogP contribution in [0.15, 0.2) is 15.1 Å². The monoisotopic (exact) mass is 273 g/mol. The molecule has 0 spiro atoms. The number of carbonyl (C=O) groups excluding carboxylic acids is 1. The minimum absolute atomic E-state index is 0.0755. The highest BCUT2D eigenvalue weighted by molar-refractivity contribution is 8.15. The Balaban J connectivity index is 2.62. The van der Waals surface area contributed by atoms with E-state index in [0.717, 1.165) is 0 Å². The Labute approximate surface area is 106 Å². The molecule has 10 heteroatoms. The number of thioether (sulfide) groups is 1. The number of carbonyl (C=O) groups is 1. The van der Waals surface area contributed by atoms with Gasteiger partial charge < -0.3 is 10.5 Å². The van der Waals surface area contributed by atoms with Gasteiger partial charge in [0, 0.05) is 11.5 Å². The Morgan fingerprint density at radius 3 is 3.06 bits per heavy atom. The second kappa shape index (κ2) is 6.69. The van der Waals surface area contributed by atoms with Gasteiger partial charge in [-0.05, 0) is 6.92 Å². The van der Waals surface area contributed by atoms with Crippen molar-refractivity contribution in [2.24, 2.45) is 20.8 Å². The summed E-state index contributed by atoms with van der Waals surface area (Å²) < 4.78 is 4.77. The van der Waals surface area contributed by atoms with Crippen molar-refractivity contribution in [1.82, 2.24) is 0 Å². The molecule has 0 aromatic carbocycles. The van der Waals surface area contributed by atoms with Gasteiger partial charge in [0.1, 0.15) is 5.10 Å². The Morgan fingerprint density at radius 1 is 1.72 bits per heavy atom. The summed E-state index contributed by atoms with van der Waals surface area (Å²) in [5, 5.41) is 12.1. The maximum absolute atomic E-state index is 11.2. The van der Waals surface area contributed by atoms with Gasteiger partial charge in [-0.2, -0.15) is 4.99 Å². The molecule has 2 N–H and O–H groups in total.